The average Bonchev–Trinajstić information content (AvgIpc) is 2.57. The van der Waals surface area contributed by atoms with Crippen LogP contribution in [0.3, 0.4) is 0 Å². The molecule has 0 bridgehead atoms. The molecule has 18 heavy (non-hydrogen) atoms. The van der Waals surface area contributed by atoms with Crippen molar-refractivity contribution in [2.45, 2.75) is 25.3 Å². The summed E-state index contributed by atoms with van der Waals surface area (Å²) in [5.41, 5.74) is 0.938. The van der Waals surface area contributed by atoms with Crippen LogP contribution in [0.4, 0.5) is 10.1 Å². The summed E-state index contributed by atoms with van der Waals surface area (Å²) in [6, 6.07) is 6.92. The number of anilines is 1. The normalized spacial score (nSPS) is 21.1. The standard InChI is InChI=1S/C14H18FN3/c1-18-7-2-3-12(6-8-18)17-13-4-5-14(15)11(9-13)10-16/h4-5,9,12,17H,2-3,6-8H2,1H3. The maximum absolute atomic E-state index is 13.2. The molecule has 1 aliphatic heterocycles. The second-order valence-electron chi connectivity index (χ2n) is 4.88. The van der Waals surface area contributed by atoms with E-state index in [4.69, 9.17) is 5.26 Å². The molecule has 1 heterocycles. The maximum Gasteiger partial charge on any atom is 0.141 e. The topological polar surface area (TPSA) is 39.1 Å². The smallest absolute Gasteiger partial charge is 0.141 e. The summed E-state index contributed by atoms with van der Waals surface area (Å²) in [5, 5.41) is 12.2. The van der Waals surface area contributed by atoms with E-state index in [9.17, 15) is 4.39 Å². The first-order chi connectivity index (χ1) is 8.69. The van der Waals surface area contributed by atoms with E-state index >= 15 is 0 Å². The minimum atomic E-state index is -0.455. The van der Waals surface area contributed by atoms with Crippen LogP contribution in [0, 0.1) is 17.1 Å². The highest BCUT2D eigenvalue weighted by molar-refractivity contribution is 5.50. The highest BCUT2D eigenvalue weighted by atomic mass is 19.1. The second-order valence-corrected chi connectivity index (χ2v) is 4.88. The van der Waals surface area contributed by atoms with Crippen molar-refractivity contribution < 1.29 is 4.39 Å². The summed E-state index contributed by atoms with van der Waals surface area (Å²) in [4.78, 5) is 2.33. The Bertz CT molecular complexity index is 453. The van der Waals surface area contributed by atoms with Gasteiger partial charge in [0.2, 0.25) is 0 Å². The monoisotopic (exact) mass is 247 g/mol. The van der Waals surface area contributed by atoms with Crippen LogP contribution in [-0.2, 0) is 0 Å². The molecule has 2 rings (SSSR count). The molecular formula is C14H18FN3. The Morgan fingerprint density at radius 1 is 1.39 bits per heavy atom. The molecule has 1 fully saturated rings. The fourth-order valence-corrected chi connectivity index (χ4v) is 2.32. The van der Waals surface area contributed by atoms with Gasteiger partial charge in [-0.25, -0.2) is 4.39 Å². The molecule has 96 valence electrons. The zero-order chi connectivity index (χ0) is 13.0. The third-order valence-corrected chi connectivity index (χ3v) is 3.41. The Hall–Kier alpha value is -1.60. The molecule has 1 aromatic rings. The number of rotatable bonds is 2. The Labute approximate surface area is 107 Å². The Balaban J connectivity index is 2.03. The van der Waals surface area contributed by atoms with Gasteiger partial charge in [0.05, 0.1) is 5.56 Å². The summed E-state index contributed by atoms with van der Waals surface area (Å²) in [7, 11) is 2.13. The molecule has 1 atom stereocenters. The first-order valence-corrected chi connectivity index (χ1v) is 6.34. The van der Waals surface area contributed by atoms with Crippen molar-refractivity contribution in [1.29, 1.82) is 5.26 Å². The maximum atomic E-state index is 13.2. The predicted octanol–water partition coefficient (Wildman–Crippen LogP) is 2.59. The van der Waals surface area contributed by atoms with Gasteiger partial charge in [0.25, 0.3) is 0 Å². The van der Waals surface area contributed by atoms with Crippen LogP contribution in [0.1, 0.15) is 24.8 Å². The Kier molecular flexibility index (Phi) is 4.16. The van der Waals surface area contributed by atoms with Crippen molar-refractivity contribution >= 4 is 5.69 Å². The molecular weight excluding hydrogens is 229 g/mol. The molecule has 0 saturated carbocycles. The summed E-state index contributed by atoms with van der Waals surface area (Å²) in [5.74, 6) is -0.455. The molecule has 0 aliphatic carbocycles. The average molecular weight is 247 g/mol. The quantitative estimate of drug-likeness (QED) is 0.873. The zero-order valence-electron chi connectivity index (χ0n) is 10.6. The number of nitrogens with zero attached hydrogens (tertiary/aromatic N) is 2. The number of hydrogen-bond acceptors (Lipinski definition) is 3. The van der Waals surface area contributed by atoms with Crippen molar-refractivity contribution in [2.24, 2.45) is 0 Å². The predicted molar refractivity (Wildman–Crippen MR) is 69.9 cm³/mol. The van der Waals surface area contributed by atoms with E-state index in [1.807, 2.05) is 6.07 Å². The summed E-state index contributed by atoms with van der Waals surface area (Å²) >= 11 is 0. The lowest BCUT2D eigenvalue weighted by Gasteiger charge is -2.18. The highest BCUT2D eigenvalue weighted by Gasteiger charge is 2.14. The molecule has 1 aliphatic rings. The van der Waals surface area contributed by atoms with Gasteiger partial charge in [0.1, 0.15) is 11.9 Å². The number of nitrogens with one attached hydrogen (secondary N) is 1. The lowest BCUT2D eigenvalue weighted by Crippen LogP contribution is -2.23. The van der Waals surface area contributed by atoms with Gasteiger partial charge >= 0.3 is 0 Å². The number of halogens is 1. The number of likely N-dealkylation sites (tertiary alicyclic amines) is 1. The van der Waals surface area contributed by atoms with E-state index in [1.165, 1.54) is 12.5 Å². The number of benzene rings is 1. The van der Waals surface area contributed by atoms with Crippen molar-refractivity contribution in [2.75, 3.05) is 25.5 Å². The van der Waals surface area contributed by atoms with Crippen LogP contribution in [0.25, 0.3) is 0 Å². The Morgan fingerprint density at radius 2 is 2.22 bits per heavy atom. The largest absolute Gasteiger partial charge is 0.382 e. The van der Waals surface area contributed by atoms with Gasteiger partial charge in [-0.3, -0.25) is 0 Å². The molecule has 4 heteroatoms. The highest BCUT2D eigenvalue weighted by Crippen LogP contribution is 2.18. The molecule has 1 unspecified atom stereocenters. The van der Waals surface area contributed by atoms with Crippen LogP contribution in [0.2, 0.25) is 0 Å². The number of hydrogen-bond donors (Lipinski definition) is 1. The molecule has 0 aromatic heterocycles. The number of nitriles is 1. The van der Waals surface area contributed by atoms with Gasteiger partial charge in [-0.15, -0.1) is 0 Å². The van der Waals surface area contributed by atoms with Gasteiger partial charge in [-0.05, 0) is 57.6 Å². The molecule has 1 aromatic carbocycles. The van der Waals surface area contributed by atoms with Gasteiger partial charge in [-0.1, -0.05) is 0 Å². The van der Waals surface area contributed by atoms with Crippen LogP contribution < -0.4 is 5.32 Å². The fraction of sp³-hybridized carbons (Fsp3) is 0.500. The zero-order valence-corrected chi connectivity index (χ0v) is 10.6. The molecule has 3 nitrogen and oxygen atoms in total. The van der Waals surface area contributed by atoms with Crippen molar-refractivity contribution in [3.05, 3.63) is 29.6 Å². The molecule has 0 amide bonds. The van der Waals surface area contributed by atoms with E-state index in [2.05, 4.69) is 17.3 Å². The van der Waals surface area contributed by atoms with Crippen LogP contribution >= 0.6 is 0 Å². The van der Waals surface area contributed by atoms with Gasteiger partial charge in [0.15, 0.2) is 0 Å². The van der Waals surface area contributed by atoms with Gasteiger partial charge < -0.3 is 10.2 Å². The van der Waals surface area contributed by atoms with Crippen LogP contribution in [-0.4, -0.2) is 31.1 Å². The SMILES string of the molecule is CN1CCCC(Nc2ccc(F)c(C#N)c2)CC1. The summed E-state index contributed by atoms with van der Waals surface area (Å²) in [6.45, 7) is 2.20. The van der Waals surface area contributed by atoms with Crippen LogP contribution in [0.15, 0.2) is 18.2 Å². The Morgan fingerprint density at radius 3 is 3.00 bits per heavy atom. The van der Waals surface area contributed by atoms with Crippen molar-refractivity contribution in [3.8, 4) is 6.07 Å². The minimum Gasteiger partial charge on any atom is -0.382 e. The van der Waals surface area contributed by atoms with E-state index in [0.29, 0.717) is 6.04 Å². The first-order valence-electron chi connectivity index (χ1n) is 6.34. The molecule has 0 radical (unpaired) electrons. The second kappa shape index (κ2) is 5.83. The first kappa shape index (κ1) is 12.8. The molecule has 1 saturated heterocycles. The van der Waals surface area contributed by atoms with Gasteiger partial charge in [-0.2, -0.15) is 5.26 Å². The van der Waals surface area contributed by atoms with Crippen LogP contribution in [0.5, 0.6) is 0 Å². The summed E-state index contributed by atoms with van der Waals surface area (Å²) < 4.78 is 13.2. The van der Waals surface area contributed by atoms with E-state index in [0.717, 1.165) is 31.6 Å². The lowest BCUT2D eigenvalue weighted by atomic mass is 10.1. The lowest BCUT2D eigenvalue weighted by molar-refractivity contribution is 0.348. The third-order valence-electron chi connectivity index (χ3n) is 3.41. The van der Waals surface area contributed by atoms with Crippen molar-refractivity contribution in [1.82, 2.24) is 4.90 Å². The van der Waals surface area contributed by atoms with Gasteiger partial charge in [0, 0.05) is 11.7 Å². The summed E-state index contributed by atoms with van der Waals surface area (Å²) in [6.07, 6.45) is 3.36. The van der Waals surface area contributed by atoms with E-state index in [1.54, 1.807) is 12.1 Å². The van der Waals surface area contributed by atoms with E-state index in [-0.39, 0.29) is 5.56 Å². The minimum absolute atomic E-state index is 0.103. The van der Waals surface area contributed by atoms with Crippen molar-refractivity contribution in [3.63, 3.8) is 0 Å². The van der Waals surface area contributed by atoms with E-state index < -0.39 is 5.82 Å². The molecule has 0 spiro atoms. The molecule has 1 N–H and O–H groups in total. The third kappa shape index (κ3) is 3.21. The fourth-order valence-electron chi connectivity index (χ4n) is 2.32.